The summed E-state index contributed by atoms with van der Waals surface area (Å²) in [5.74, 6) is -0.0199. The molecule has 0 bridgehead atoms. The topological polar surface area (TPSA) is 32.3 Å². The SMILES string of the molecule is Cc1ccc(CNC(=O)c2ccc(N3CCCC3)cc2)cc1. The third-order valence-corrected chi connectivity index (χ3v) is 4.17. The first kappa shape index (κ1) is 14.6. The summed E-state index contributed by atoms with van der Waals surface area (Å²) in [6.45, 7) is 4.87. The van der Waals surface area contributed by atoms with Gasteiger partial charge in [0, 0.05) is 30.9 Å². The molecule has 2 aromatic carbocycles. The molecule has 0 unspecified atom stereocenters. The summed E-state index contributed by atoms with van der Waals surface area (Å²) in [7, 11) is 0. The lowest BCUT2D eigenvalue weighted by Crippen LogP contribution is -2.23. The molecule has 1 saturated heterocycles. The van der Waals surface area contributed by atoms with E-state index >= 15 is 0 Å². The van der Waals surface area contributed by atoms with E-state index in [0.29, 0.717) is 6.54 Å². The van der Waals surface area contributed by atoms with Gasteiger partial charge in [-0.3, -0.25) is 4.79 Å². The summed E-state index contributed by atoms with van der Waals surface area (Å²) in [6, 6.07) is 16.1. The zero-order valence-corrected chi connectivity index (χ0v) is 13.0. The van der Waals surface area contributed by atoms with Gasteiger partial charge >= 0.3 is 0 Å². The van der Waals surface area contributed by atoms with Gasteiger partial charge in [0.1, 0.15) is 0 Å². The van der Waals surface area contributed by atoms with E-state index in [0.717, 1.165) is 24.2 Å². The molecule has 0 spiro atoms. The third-order valence-electron chi connectivity index (χ3n) is 4.17. The first-order valence-electron chi connectivity index (χ1n) is 7.91. The molecular weight excluding hydrogens is 272 g/mol. The number of amides is 1. The summed E-state index contributed by atoms with van der Waals surface area (Å²) in [5, 5.41) is 2.97. The molecule has 2 aromatic rings. The second kappa shape index (κ2) is 6.65. The number of aryl methyl sites for hydroxylation is 1. The van der Waals surface area contributed by atoms with E-state index in [4.69, 9.17) is 0 Å². The molecule has 114 valence electrons. The first-order chi connectivity index (χ1) is 10.7. The van der Waals surface area contributed by atoms with Gasteiger partial charge in [0.25, 0.3) is 5.91 Å². The van der Waals surface area contributed by atoms with Gasteiger partial charge in [-0.2, -0.15) is 0 Å². The Bertz CT molecular complexity index is 625. The highest BCUT2D eigenvalue weighted by atomic mass is 16.1. The largest absolute Gasteiger partial charge is 0.372 e. The number of nitrogens with zero attached hydrogens (tertiary/aromatic N) is 1. The molecule has 0 aliphatic carbocycles. The van der Waals surface area contributed by atoms with Gasteiger partial charge in [0.05, 0.1) is 0 Å². The van der Waals surface area contributed by atoms with E-state index in [2.05, 4.69) is 29.3 Å². The van der Waals surface area contributed by atoms with Crippen molar-refractivity contribution in [1.82, 2.24) is 5.32 Å². The summed E-state index contributed by atoms with van der Waals surface area (Å²) < 4.78 is 0. The maximum absolute atomic E-state index is 12.2. The number of rotatable bonds is 4. The van der Waals surface area contributed by atoms with Crippen LogP contribution in [0.3, 0.4) is 0 Å². The Kier molecular flexibility index (Phi) is 4.42. The minimum Gasteiger partial charge on any atom is -0.372 e. The van der Waals surface area contributed by atoms with Crippen LogP contribution in [0.4, 0.5) is 5.69 Å². The highest BCUT2D eigenvalue weighted by molar-refractivity contribution is 5.94. The van der Waals surface area contributed by atoms with Crippen LogP contribution in [0.1, 0.15) is 34.3 Å². The highest BCUT2D eigenvalue weighted by Crippen LogP contribution is 2.20. The average Bonchev–Trinajstić information content (AvgIpc) is 3.09. The molecule has 0 radical (unpaired) electrons. The molecule has 1 aliphatic rings. The molecule has 0 saturated carbocycles. The summed E-state index contributed by atoms with van der Waals surface area (Å²) in [6.07, 6.45) is 2.53. The van der Waals surface area contributed by atoms with Gasteiger partial charge in [-0.1, -0.05) is 29.8 Å². The fourth-order valence-electron chi connectivity index (χ4n) is 2.79. The van der Waals surface area contributed by atoms with Crippen molar-refractivity contribution in [3.8, 4) is 0 Å². The van der Waals surface area contributed by atoms with Crippen molar-refractivity contribution >= 4 is 11.6 Å². The van der Waals surface area contributed by atoms with E-state index in [-0.39, 0.29) is 5.91 Å². The third kappa shape index (κ3) is 3.48. The number of nitrogens with one attached hydrogen (secondary N) is 1. The van der Waals surface area contributed by atoms with Crippen molar-refractivity contribution in [3.63, 3.8) is 0 Å². The van der Waals surface area contributed by atoms with Crippen molar-refractivity contribution in [2.75, 3.05) is 18.0 Å². The molecule has 3 heteroatoms. The Morgan fingerprint density at radius 3 is 2.27 bits per heavy atom. The minimum atomic E-state index is -0.0199. The monoisotopic (exact) mass is 294 g/mol. The molecule has 1 amide bonds. The highest BCUT2D eigenvalue weighted by Gasteiger charge is 2.12. The molecule has 22 heavy (non-hydrogen) atoms. The van der Waals surface area contributed by atoms with Crippen LogP contribution in [0.5, 0.6) is 0 Å². The van der Waals surface area contributed by atoms with Crippen LogP contribution in [0.25, 0.3) is 0 Å². The van der Waals surface area contributed by atoms with Crippen LogP contribution in [-0.4, -0.2) is 19.0 Å². The fourth-order valence-corrected chi connectivity index (χ4v) is 2.79. The van der Waals surface area contributed by atoms with Crippen molar-refractivity contribution in [2.45, 2.75) is 26.3 Å². The van der Waals surface area contributed by atoms with Crippen molar-refractivity contribution in [2.24, 2.45) is 0 Å². The minimum absolute atomic E-state index is 0.0199. The van der Waals surface area contributed by atoms with E-state index in [1.54, 1.807) is 0 Å². The lowest BCUT2D eigenvalue weighted by molar-refractivity contribution is 0.0951. The Morgan fingerprint density at radius 1 is 1.00 bits per heavy atom. The van der Waals surface area contributed by atoms with Crippen LogP contribution in [0, 0.1) is 6.92 Å². The predicted molar refractivity (Wildman–Crippen MR) is 90.2 cm³/mol. The Morgan fingerprint density at radius 2 is 1.64 bits per heavy atom. The molecule has 1 N–H and O–H groups in total. The quantitative estimate of drug-likeness (QED) is 0.935. The van der Waals surface area contributed by atoms with Crippen molar-refractivity contribution in [3.05, 3.63) is 65.2 Å². The Labute approximate surface area is 132 Å². The lowest BCUT2D eigenvalue weighted by atomic mass is 10.1. The predicted octanol–water partition coefficient (Wildman–Crippen LogP) is 3.53. The second-order valence-electron chi connectivity index (χ2n) is 5.91. The zero-order chi connectivity index (χ0) is 15.4. The maximum Gasteiger partial charge on any atom is 0.251 e. The average molecular weight is 294 g/mol. The van der Waals surface area contributed by atoms with Crippen molar-refractivity contribution < 1.29 is 4.79 Å². The van der Waals surface area contributed by atoms with Gasteiger partial charge in [0.2, 0.25) is 0 Å². The van der Waals surface area contributed by atoms with Gasteiger partial charge in [-0.25, -0.2) is 0 Å². The summed E-state index contributed by atoms with van der Waals surface area (Å²) >= 11 is 0. The molecule has 1 fully saturated rings. The van der Waals surface area contributed by atoms with Crippen LogP contribution < -0.4 is 10.2 Å². The van der Waals surface area contributed by atoms with Crippen LogP contribution >= 0.6 is 0 Å². The van der Waals surface area contributed by atoms with E-state index in [1.807, 2.05) is 36.4 Å². The molecular formula is C19H22N2O. The van der Waals surface area contributed by atoms with Gasteiger partial charge in [-0.05, 0) is 49.6 Å². The number of benzene rings is 2. The van der Waals surface area contributed by atoms with Gasteiger partial charge in [0.15, 0.2) is 0 Å². The lowest BCUT2D eigenvalue weighted by Gasteiger charge is -2.17. The molecule has 0 aromatic heterocycles. The van der Waals surface area contributed by atoms with Crippen LogP contribution in [0.2, 0.25) is 0 Å². The number of hydrogen-bond donors (Lipinski definition) is 1. The molecule has 3 rings (SSSR count). The standard InChI is InChI=1S/C19H22N2O/c1-15-4-6-16(7-5-15)14-20-19(22)17-8-10-18(11-9-17)21-12-2-3-13-21/h4-11H,2-3,12-14H2,1H3,(H,20,22). The normalized spacial score (nSPS) is 14.1. The second-order valence-corrected chi connectivity index (χ2v) is 5.91. The van der Waals surface area contributed by atoms with Gasteiger partial charge in [-0.15, -0.1) is 0 Å². The first-order valence-corrected chi connectivity index (χ1v) is 7.91. The number of carbonyl (C=O) groups excluding carboxylic acids is 1. The van der Waals surface area contributed by atoms with E-state index in [9.17, 15) is 4.79 Å². The smallest absolute Gasteiger partial charge is 0.251 e. The summed E-state index contributed by atoms with van der Waals surface area (Å²) in [5.41, 5.74) is 4.28. The van der Waals surface area contributed by atoms with E-state index in [1.165, 1.54) is 24.1 Å². The molecule has 1 aliphatic heterocycles. The van der Waals surface area contributed by atoms with Gasteiger partial charge < -0.3 is 10.2 Å². The van der Waals surface area contributed by atoms with Crippen LogP contribution in [-0.2, 0) is 6.54 Å². The number of hydrogen-bond acceptors (Lipinski definition) is 2. The van der Waals surface area contributed by atoms with E-state index < -0.39 is 0 Å². The molecule has 1 heterocycles. The number of anilines is 1. The Balaban J connectivity index is 1.58. The van der Waals surface area contributed by atoms with Crippen molar-refractivity contribution in [1.29, 1.82) is 0 Å². The molecule has 0 atom stereocenters. The fraction of sp³-hybridized carbons (Fsp3) is 0.316. The zero-order valence-electron chi connectivity index (χ0n) is 13.0. The van der Waals surface area contributed by atoms with Crippen LogP contribution in [0.15, 0.2) is 48.5 Å². The maximum atomic E-state index is 12.2. The number of carbonyl (C=O) groups is 1. The molecule has 3 nitrogen and oxygen atoms in total. The summed E-state index contributed by atoms with van der Waals surface area (Å²) in [4.78, 5) is 14.6. The Hall–Kier alpha value is -2.29.